The van der Waals surface area contributed by atoms with Crippen LogP contribution in [0, 0.1) is 11.7 Å². The Labute approximate surface area is 142 Å². The zero-order valence-corrected chi connectivity index (χ0v) is 14.1. The number of halogens is 1. The molecule has 0 unspecified atom stereocenters. The van der Waals surface area contributed by atoms with Crippen LogP contribution in [0.1, 0.15) is 25.3 Å². The van der Waals surface area contributed by atoms with Gasteiger partial charge in [-0.1, -0.05) is 18.2 Å². The molecule has 5 nitrogen and oxygen atoms in total. The number of hydrogen-bond acceptors (Lipinski definition) is 3. The molecule has 2 amide bonds. The summed E-state index contributed by atoms with van der Waals surface area (Å²) < 4.78 is 25.1. The fraction of sp³-hybridized carbons (Fsp3) is 0.611. The van der Waals surface area contributed by atoms with Crippen LogP contribution in [0.15, 0.2) is 24.3 Å². The zero-order chi connectivity index (χ0) is 17.0. The molecule has 1 aromatic rings. The van der Waals surface area contributed by atoms with Crippen LogP contribution < -0.4 is 5.32 Å². The lowest BCUT2D eigenvalue weighted by atomic mass is 9.90. The van der Waals surface area contributed by atoms with Crippen molar-refractivity contribution in [1.29, 1.82) is 0 Å². The van der Waals surface area contributed by atoms with Crippen LogP contribution in [0.2, 0.25) is 0 Å². The SMILES string of the molecule is CC1([C@@H]2CCCN(C(=O)NCCc3ccccc3F)C2)OCCO1. The van der Waals surface area contributed by atoms with Gasteiger partial charge in [-0.05, 0) is 37.8 Å². The smallest absolute Gasteiger partial charge is 0.317 e. The van der Waals surface area contributed by atoms with E-state index in [1.807, 2.05) is 11.8 Å². The molecule has 1 atom stereocenters. The molecule has 132 valence electrons. The molecule has 1 N–H and O–H groups in total. The Morgan fingerprint density at radius 1 is 1.38 bits per heavy atom. The highest BCUT2D eigenvalue weighted by Crippen LogP contribution is 2.34. The maximum atomic E-state index is 13.6. The summed E-state index contributed by atoms with van der Waals surface area (Å²) >= 11 is 0. The number of benzene rings is 1. The fourth-order valence-electron chi connectivity index (χ4n) is 3.47. The van der Waals surface area contributed by atoms with Gasteiger partial charge < -0.3 is 19.7 Å². The molecule has 0 aliphatic carbocycles. The third-order valence-corrected chi connectivity index (χ3v) is 4.94. The summed E-state index contributed by atoms with van der Waals surface area (Å²) in [6, 6.07) is 6.55. The quantitative estimate of drug-likeness (QED) is 0.919. The minimum Gasteiger partial charge on any atom is -0.347 e. The largest absolute Gasteiger partial charge is 0.347 e. The highest BCUT2D eigenvalue weighted by Gasteiger charge is 2.42. The van der Waals surface area contributed by atoms with Crippen LogP contribution in [0.25, 0.3) is 0 Å². The van der Waals surface area contributed by atoms with Crippen LogP contribution in [-0.2, 0) is 15.9 Å². The number of carbonyl (C=O) groups is 1. The van der Waals surface area contributed by atoms with Gasteiger partial charge in [-0.2, -0.15) is 0 Å². The molecule has 2 saturated heterocycles. The normalized spacial score (nSPS) is 23.2. The summed E-state index contributed by atoms with van der Waals surface area (Å²) in [6.45, 7) is 4.97. The Balaban J connectivity index is 1.49. The van der Waals surface area contributed by atoms with Gasteiger partial charge in [0.2, 0.25) is 0 Å². The van der Waals surface area contributed by atoms with Gasteiger partial charge >= 0.3 is 6.03 Å². The van der Waals surface area contributed by atoms with E-state index in [0.29, 0.717) is 38.3 Å². The molecule has 0 radical (unpaired) electrons. The zero-order valence-electron chi connectivity index (χ0n) is 14.1. The second kappa shape index (κ2) is 7.49. The number of rotatable bonds is 4. The van der Waals surface area contributed by atoms with Gasteiger partial charge in [-0.3, -0.25) is 0 Å². The third-order valence-electron chi connectivity index (χ3n) is 4.94. The molecule has 1 aromatic carbocycles. The summed E-state index contributed by atoms with van der Waals surface area (Å²) in [5.41, 5.74) is 0.620. The average molecular weight is 336 g/mol. The van der Waals surface area contributed by atoms with Crippen molar-refractivity contribution >= 4 is 6.03 Å². The predicted molar refractivity (Wildman–Crippen MR) is 88.1 cm³/mol. The van der Waals surface area contributed by atoms with Crippen LogP contribution >= 0.6 is 0 Å². The van der Waals surface area contributed by atoms with Crippen molar-refractivity contribution in [2.75, 3.05) is 32.8 Å². The summed E-state index contributed by atoms with van der Waals surface area (Å²) in [6.07, 6.45) is 2.42. The summed E-state index contributed by atoms with van der Waals surface area (Å²) in [7, 11) is 0. The van der Waals surface area contributed by atoms with Gasteiger partial charge in [0, 0.05) is 25.6 Å². The van der Waals surface area contributed by atoms with Crippen LogP contribution in [-0.4, -0.2) is 49.6 Å². The number of nitrogens with one attached hydrogen (secondary N) is 1. The van der Waals surface area contributed by atoms with E-state index in [-0.39, 0.29) is 17.8 Å². The molecule has 0 spiro atoms. The predicted octanol–water partition coefficient (Wildman–Crippen LogP) is 2.55. The van der Waals surface area contributed by atoms with Crippen molar-refractivity contribution in [1.82, 2.24) is 10.2 Å². The first-order valence-corrected chi connectivity index (χ1v) is 8.62. The number of likely N-dealkylation sites (tertiary alicyclic amines) is 1. The molecule has 2 aliphatic heterocycles. The van der Waals surface area contributed by atoms with Crippen LogP contribution in [0.4, 0.5) is 9.18 Å². The summed E-state index contributed by atoms with van der Waals surface area (Å²) in [5, 5.41) is 2.89. The minimum absolute atomic E-state index is 0.0994. The molecule has 24 heavy (non-hydrogen) atoms. The lowest BCUT2D eigenvalue weighted by Gasteiger charge is -2.39. The van der Waals surface area contributed by atoms with E-state index in [4.69, 9.17) is 9.47 Å². The number of ether oxygens (including phenoxy) is 2. The Morgan fingerprint density at radius 3 is 2.88 bits per heavy atom. The Morgan fingerprint density at radius 2 is 2.12 bits per heavy atom. The number of piperidine rings is 1. The van der Waals surface area contributed by atoms with E-state index in [2.05, 4.69) is 5.32 Å². The van der Waals surface area contributed by atoms with Gasteiger partial charge in [0.25, 0.3) is 0 Å². The van der Waals surface area contributed by atoms with Crippen molar-refractivity contribution in [3.05, 3.63) is 35.6 Å². The Bertz CT molecular complexity index is 575. The number of nitrogens with zero attached hydrogens (tertiary/aromatic N) is 1. The second-order valence-corrected chi connectivity index (χ2v) is 6.57. The topological polar surface area (TPSA) is 50.8 Å². The molecule has 0 aromatic heterocycles. The molecular formula is C18H25FN2O3. The van der Waals surface area contributed by atoms with Gasteiger partial charge in [0.15, 0.2) is 5.79 Å². The van der Waals surface area contributed by atoms with Crippen molar-refractivity contribution in [2.24, 2.45) is 5.92 Å². The molecule has 0 saturated carbocycles. The molecular weight excluding hydrogens is 311 g/mol. The minimum atomic E-state index is -0.577. The number of hydrogen-bond donors (Lipinski definition) is 1. The monoisotopic (exact) mass is 336 g/mol. The van der Waals surface area contributed by atoms with E-state index in [1.54, 1.807) is 18.2 Å². The van der Waals surface area contributed by atoms with Gasteiger partial charge in [-0.25, -0.2) is 9.18 Å². The van der Waals surface area contributed by atoms with Crippen molar-refractivity contribution < 1.29 is 18.7 Å². The van der Waals surface area contributed by atoms with E-state index in [0.717, 1.165) is 19.4 Å². The van der Waals surface area contributed by atoms with E-state index < -0.39 is 5.79 Å². The van der Waals surface area contributed by atoms with Gasteiger partial charge in [0.1, 0.15) is 5.82 Å². The highest BCUT2D eigenvalue weighted by atomic mass is 19.1. The average Bonchev–Trinajstić information content (AvgIpc) is 3.05. The number of amides is 2. The molecule has 2 aliphatic rings. The second-order valence-electron chi connectivity index (χ2n) is 6.57. The van der Waals surface area contributed by atoms with Gasteiger partial charge in [0.05, 0.1) is 13.2 Å². The first-order chi connectivity index (χ1) is 11.6. The van der Waals surface area contributed by atoms with E-state index in [1.165, 1.54) is 6.07 Å². The maximum absolute atomic E-state index is 13.6. The summed E-state index contributed by atoms with van der Waals surface area (Å²) in [5.74, 6) is -0.620. The maximum Gasteiger partial charge on any atom is 0.317 e. The van der Waals surface area contributed by atoms with E-state index >= 15 is 0 Å². The number of carbonyl (C=O) groups excluding carboxylic acids is 1. The van der Waals surface area contributed by atoms with E-state index in [9.17, 15) is 9.18 Å². The molecule has 2 fully saturated rings. The van der Waals surface area contributed by atoms with Crippen LogP contribution in [0.5, 0.6) is 0 Å². The lowest BCUT2D eigenvalue weighted by Crippen LogP contribution is -2.51. The highest BCUT2D eigenvalue weighted by molar-refractivity contribution is 5.74. The molecule has 3 rings (SSSR count). The Kier molecular flexibility index (Phi) is 5.36. The number of urea groups is 1. The van der Waals surface area contributed by atoms with Gasteiger partial charge in [-0.15, -0.1) is 0 Å². The lowest BCUT2D eigenvalue weighted by molar-refractivity contribution is -0.189. The first-order valence-electron chi connectivity index (χ1n) is 8.62. The molecule has 0 bridgehead atoms. The summed E-state index contributed by atoms with van der Waals surface area (Å²) in [4.78, 5) is 14.2. The van der Waals surface area contributed by atoms with Crippen molar-refractivity contribution in [3.8, 4) is 0 Å². The van der Waals surface area contributed by atoms with Crippen LogP contribution in [0.3, 0.4) is 0 Å². The van der Waals surface area contributed by atoms with Crippen molar-refractivity contribution in [3.63, 3.8) is 0 Å². The molecule has 6 heteroatoms. The third kappa shape index (κ3) is 3.87. The fourth-order valence-corrected chi connectivity index (χ4v) is 3.47. The first kappa shape index (κ1) is 17.2. The Hall–Kier alpha value is -1.66. The molecule has 2 heterocycles. The standard InChI is InChI=1S/C18H25FN2O3/c1-18(23-11-12-24-18)15-6-4-10-21(13-15)17(22)20-9-8-14-5-2-3-7-16(14)19/h2-3,5,7,15H,4,6,8-13H2,1H3,(H,20,22)/t15-/m1/s1. The van der Waals surface area contributed by atoms with Crippen molar-refractivity contribution in [2.45, 2.75) is 32.0 Å².